The zero-order valence-corrected chi connectivity index (χ0v) is 21.8. The molecule has 0 aliphatic heterocycles. The topological polar surface area (TPSA) is 48.4 Å². The minimum absolute atomic E-state index is 0.0252. The van der Waals surface area contributed by atoms with Crippen LogP contribution in [-0.2, 0) is 14.3 Å². The largest absolute Gasteiger partial charge is 0.356 e. The first-order chi connectivity index (χ1) is 14.1. The van der Waals surface area contributed by atoms with Crippen LogP contribution in [0.1, 0.15) is 57.2 Å². The summed E-state index contributed by atoms with van der Waals surface area (Å²) in [5.74, 6) is 0.147. The standard InChI is InChI=1S/C24H41NO3SSi/c1-19(9-8-10-20(2)16-26)11-12-24(28-18-27-13-14-30(5,6)7)21(3)15-23-17-29-22(4)25-23/h11,15-17,20,24H,8-10,12-14,18H2,1-7H3/b19-11+,21-15+/t20-,24-/m0/s1. The van der Waals surface area contributed by atoms with Gasteiger partial charge in [0.25, 0.3) is 0 Å². The van der Waals surface area contributed by atoms with Crippen molar-refractivity contribution in [2.75, 3.05) is 13.4 Å². The van der Waals surface area contributed by atoms with Crippen LogP contribution in [0.4, 0.5) is 0 Å². The Bertz CT molecular complexity index is 691. The van der Waals surface area contributed by atoms with Gasteiger partial charge in [-0.05, 0) is 64.1 Å². The number of aromatic nitrogens is 1. The highest BCUT2D eigenvalue weighted by molar-refractivity contribution is 7.09. The molecule has 4 nitrogen and oxygen atoms in total. The summed E-state index contributed by atoms with van der Waals surface area (Å²) >= 11 is 1.66. The third-order valence-electron chi connectivity index (χ3n) is 5.01. The lowest BCUT2D eigenvalue weighted by Gasteiger charge is -2.19. The maximum atomic E-state index is 10.8. The molecule has 1 aromatic heterocycles. The molecule has 2 atom stereocenters. The monoisotopic (exact) mass is 451 g/mol. The van der Waals surface area contributed by atoms with E-state index in [1.165, 1.54) is 5.57 Å². The minimum Gasteiger partial charge on any atom is -0.356 e. The Morgan fingerprint density at radius 2 is 2.03 bits per heavy atom. The predicted molar refractivity (Wildman–Crippen MR) is 132 cm³/mol. The SMILES string of the molecule is C/C(=C\C[C@H](OCOCC[Si](C)(C)C)/C(C)=C/c1csc(C)n1)CCC[C@H](C)C=O. The number of nitrogens with zero attached hydrogens (tertiary/aromatic N) is 1. The normalized spacial score (nSPS) is 15.3. The van der Waals surface area contributed by atoms with Crippen molar-refractivity contribution in [3.05, 3.63) is 33.3 Å². The fourth-order valence-corrected chi connectivity index (χ4v) is 4.23. The number of carbonyl (C=O) groups is 1. The van der Waals surface area contributed by atoms with Gasteiger partial charge in [-0.3, -0.25) is 0 Å². The van der Waals surface area contributed by atoms with Crippen LogP contribution in [0.5, 0.6) is 0 Å². The van der Waals surface area contributed by atoms with Gasteiger partial charge in [0.15, 0.2) is 0 Å². The summed E-state index contributed by atoms with van der Waals surface area (Å²) in [4.78, 5) is 15.3. The Morgan fingerprint density at radius 3 is 2.63 bits per heavy atom. The first-order valence-electron chi connectivity index (χ1n) is 11.0. The van der Waals surface area contributed by atoms with Crippen LogP contribution in [-0.4, -0.2) is 38.8 Å². The number of ether oxygens (including phenoxy) is 2. The number of aryl methyl sites for hydroxylation is 1. The van der Waals surface area contributed by atoms with Gasteiger partial charge in [-0.15, -0.1) is 11.3 Å². The second-order valence-electron chi connectivity index (χ2n) is 9.46. The summed E-state index contributed by atoms with van der Waals surface area (Å²) < 4.78 is 11.9. The van der Waals surface area contributed by atoms with Gasteiger partial charge in [0.2, 0.25) is 0 Å². The molecule has 1 heterocycles. The summed E-state index contributed by atoms with van der Waals surface area (Å²) in [6.45, 7) is 16.4. The maximum Gasteiger partial charge on any atom is 0.147 e. The fourth-order valence-electron chi connectivity index (χ4n) is 2.91. The fraction of sp³-hybridized carbons (Fsp3) is 0.667. The number of hydrogen-bond donors (Lipinski definition) is 0. The van der Waals surface area contributed by atoms with E-state index in [0.717, 1.165) is 60.9 Å². The van der Waals surface area contributed by atoms with Crippen LogP contribution >= 0.6 is 11.3 Å². The molecule has 0 radical (unpaired) electrons. The van der Waals surface area contributed by atoms with Crippen molar-refractivity contribution in [1.29, 1.82) is 0 Å². The van der Waals surface area contributed by atoms with Crippen molar-refractivity contribution >= 4 is 31.8 Å². The predicted octanol–water partition coefficient (Wildman–Crippen LogP) is 6.89. The van der Waals surface area contributed by atoms with Crippen molar-refractivity contribution < 1.29 is 14.3 Å². The van der Waals surface area contributed by atoms with Crippen molar-refractivity contribution in [3.63, 3.8) is 0 Å². The molecule has 170 valence electrons. The van der Waals surface area contributed by atoms with Crippen molar-refractivity contribution in [3.8, 4) is 0 Å². The number of hydrogen-bond acceptors (Lipinski definition) is 5. The Morgan fingerprint density at radius 1 is 1.30 bits per heavy atom. The van der Waals surface area contributed by atoms with E-state index in [-0.39, 0.29) is 12.0 Å². The molecule has 0 aliphatic carbocycles. The highest BCUT2D eigenvalue weighted by Gasteiger charge is 2.14. The number of aldehydes is 1. The molecular weight excluding hydrogens is 410 g/mol. The molecule has 30 heavy (non-hydrogen) atoms. The van der Waals surface area contributed by atoms with E-state index in [4.69, 9.17) is 9.47 Å². The van der Waals surface area contributed by atoms with Gasteiger partial charge in [-0.2, -0.15) is 0 Å². The number of allylic oxidation sites excluding steroid dienone is 1. The van der Waals surface area contributed by atoms with Gasteiger partial charge in [-0.25, -0.2) is 4.98 Å². The zero-order chi connectivity index (χ0) is 22.6. The van der Waals surface area contributed by atoms with Crippen LogP contribution in [0.15, 0.2) is 22.6 Å². The molecular formula is C24H41NO3SSi. The van der Waals surface area contributed by atoms with Gasteiger partial charge >= 0.3 is 0 Å². The summed E-state index contributed by atoms with van der Waals surface area (Å²) in [7, 11) is -1.09. The Kier molecular flexibility index (Phi) is 12.6. The van der Waals surface area contributed by atoms with Crippen LogP contribution in [0.2, 0.25) is 25.7 Å². The quantitative estimate of drug-likeness (QED) is 0.0957. The Labute approximate surface area is 188 Å². The van der Waals surface area contributed by atoms with E-state index >= 15 is 0 Å². The molecule has 0 saturated heterocycles. The van der Waals surface area contributed by atoms with Crippen molar-refractivity contribution in [2.24, 2.45) is 5.92 Å². The molecule has 0 saturated carbocycles. The van der Waals surface area contributed by atoms with Crippen LogP contribution in [0.25, 0.3) is 6.08 Å². The van der Waals surface area contributed by atoms with E-state index in [9.17, 15) is 4.79 Å². The third kappa shape index (κ3) is 12.6. The van der Waals surface area contributed by atoms with E-state index < -0.39 is 8.07 Å². The number of thiazole rings is 1. The van der Waals surface area contributed by atoms with Gasteiger partial charge < -0.3 is 14.3 Å². The van der Waals surface area contributed by atoms with Gasteiger partial charge in [-0.1, -0.05) is 38.2 Å². The first-order valence-corrected chi connectivity index (χ1v) is 15.6. The molecule has 0 fully saturated rings. The molecule has 0 amide bonds. The minimum atomic E-state index is -1.09. The Hall–Kier alpha value is -1.08. The summed E-state index contributed by atoms with van der Waals surface area (Å²) in [5, 5.41) is 3.15. The van der Waals surface area contributed by atoms with E-state index in [1.807, 2.05) is 13.8 Å². The average Bonchev–Trinajstić information content (AvgIpc) is 3.07. The van der Waals surface area contributed by atoms with Gasteiger partial charge in [0, 0.05) is 26.0 Å². The smallest absolute Gasteiger partial charge is 0.147 e. The van der Waals surface area contributed by atoms with Gasteiger partial charge in [0.1, 0.15) is 13.1 Å². The molecule has 6 heteroatoms. The molecule has 0 bridgehead atoms. The van der Waals surface area contributed by atoms with Crippen LogP contribution in [0, 0.1) is 12.8 Å². The summed E-state index contributed by atoms with van der Waals surface area (Å²) in [6, 6.07) is 1.15. The summed E-state index contributed by atoms with van der Waals surface area (Å²) in [6.07, 6.45) is 9.22. The lowest BCUT2D eigenvalue weighted by atomic mass is 10.0. The van der Waals surface area contributed by atoms with Crippen LogP contribution < -0.4 is 0 Å². The molecule has 0 aliphatic rings. The number of rotatable bonds is 15. The first kappa shape index (κ1) is 27.0. The molecule has 1 rings (SSSR count). The second kappa shape index (κ2) is 14.1. The van der Waals surface area contributed by atoms with E-state index in [2.05, 4.69) is 56.0 Å². The highest BCUT2D eigenvalue weighted by atomic mass is 32.1. The maximum absolute atomic E-state index is 10.8. The molecule has 0 N–H and O–H groups in total. The molecule has 0 spiro atoms. The highest BCUT2D eigenvalue weighted by Crippen LogP contribution is 2.20. The molecule has 0 unspecified atom stereocenters. The zero-order valence-electron chi connectivity index (χ0n) is 20.0. The Balaban J connectivity index is 2.65. The van der Waals surface area contributed by atoms with Gasteiger partial charge in [0.05, 0.1) is 16.8 Å². The number of carbonyl (C=O) groups excluding carboxylic acids is 1. The lowest BCUT2D eigenvalue weighted by Crippen LogP contribution is -2.23. The van der Waals surface area contributed by atoms with Crippen molar-refractivity contribution in [2.45, 2.75) is 85.2 Å². The van der Waals surface area contributed by atoms with Crippen molar-refractivity contribution in [1.82, 2.24) is 4.98 Å². The van der Waals surface area contributed by atoms with E-state index in [1.54, 1.807) is 11.3 Å². The van der Waals surface area contributed by atoms with Crippen LogP contribution in [0.3, 0.4) is 0 Å². The van der Waals surface area contributed by atoms with E-state index in [0.29, 0.717) is 6.79 Å². The third-order valence-corrected chi connectivity index (χ3v) is 7.51. The average molecular weight is 452 g/mol. The lowest BCUT2D eigenvalue weighted by molar-refractivity contribution is -0.110. The molecule has 1 aromatic rings. The second-order valence-corrected chi connectivity index (χ2v) is 16.1. The molecule has 0 aromatic carbocycles. The summed E-state index contributed by atoms with van der Waals surface area (Å²) in [5.41, 5.74) is 3.50.